The van der Waals surface area contributed by atoms with Crippen LogP contribution >= 0.6 is 0 Å². The summed E-state index contributed by atoms with van der Waals surface area (Å²) in [5.74, 6) is 0. The molecule has 82 valence electrons. The minimum atomic E-state index is 0.410. The zero-order chi connectivity index (χ0) is 11.3. The highest BCUT2D eigenvalue weighted by atomic mass is 14.9. The Bertz CT molecular complexity index is 328. The van der Waals surface area contributed by atoms with Gasteiger partial charge in [0.15, 0.2) is 0 Å². The van der Waals surface area contributed by atoms with E-state index in [1.807, 2.05) is 0 Å². The number of aryl methyl sites for hydroxylation is 1. The third kappa shape index (κ3) is 3.88. The van der Waals surface area contributed by atoms with Crippen LogP contribution in [0.1, 0.15) is 37.4 Å². The topological polar surface area (TPSA) is 12.0 Å². The first-order valence-electron chi connectivity index (χ1n) is 5.57. The lowest BCUT2D eigenvalue weighted by Crippen LogP contribution is -2.21. The second-order valence-corrected chi connectivity index (χ2v) is 4.19. The summed E-state index contributed by atoms with van der Waals surface area (Å²) in [4.78, 5) is 0. The summed E-state index contributed by atoms with van der Waals surface area (Å²) in [6.45, 7) is 11.3. The third-order valence-corrected chi connectivity index (χ3v) is 2.45. The van der Waals surface area contributed by atoms with Gasteiger partial charge in [-0.25, -0.2) is 0 Å². The molecule has 0 aliphatic heterocycles. The lowest BCUT2D eigenvalue weighted by molar-refractivity contribution is 0.548. The molecular weight excluding hydrogens is 182 g/mol. The van der Waals surface area contributed by atoms with Crippen molar-refractivity contribution in [2.45, 2.75) is 33.2 Å². The lowest BCUT2D eigenvalue weighted by atomic mass is 9.99. The van der Waals surface area contributed by atoms with Crippen LogP contribution in [-0.2, 0) is 0 Å². The first-order chi connectivity index (χ1) is 7.13. The molecule has 0 spiro atoms. The largest absolute Gasteiger partial charge is 0.310 e. The third-order valence-electron chi connectivity index (χ3n) is 2.45. The van der Waals surface area contributed by atoms with Gasteiger partial charge in [-0.2, -0.15) is 0 Å². The quantitative estimate of drug-likeness (QED) is 0.721. The van der Waals surface area contributed by atoms with E-state index in [0.29, 0.717) is 6.04 Å². The molecule has 1 heteroatoms. The predicted octanol–water partition coefficient (Wildman–Crippen LogP) is 3.61. The summed E-state index contributed by atoms with van der Waals surface area (Å²) in [5, 5.41) is 3.50. The van der Waals surface area contributed by atoms with Crippen LogP contribution < -0.4 is 5.32 Å². The summed E-state index contributed by atoms with van der Waals surface area (Å²) in [5.41, 5.74) is 3.90. The van der Waals surface area contributed by atoms with Crippen LogP contribution in [0.5, 0.6) is 0 Å². The van der Waals surface area contributed by atoms with Crippen molar-refractivity contribution >= 4 is 0 Å². The number of benzene rings is 1. The van der Waals surface area contributed by atoms with E-state index in [1.54, 1.807) is 0 Å². The van der Waals surface area contributed by atoms with E-state index in [2.05, 4.69) is 56.9 Å². The zero-order valence-electron chi connectivity index (χ0n) is 10.0. The first-order valence-corrected chi connectivity index (χ1v) is 5.57. The summed E-state index contributed by atoms with van der Waals surface area (Å²) in [6.07, 6.45) is 1.01. The zero-order valence-corrected chi connectivity index (χ0v) is 10.0. The Morgan fingerprint density at radius 2 is 2.20 bits per heavy atom. The van der Waals surface area contributed by atoms with Crippen LogP contribution in [-0.4, -0.2) is 6.54 Å². The van der Waals surface area contributed by atoms with E-state index in [0.717, 1.165) is 13.0 Å². The smallest absolute Gasteiger partial charge is 0.0357 e. The minimum absolute atomic E-state index is 0.410. The van der Waals surface area contributed by atoms with Crippen LogP contribution in [0.4, 0.5) is 0 Å². The maximum Gasteiger partial charge on any atom is 0.0357 e. The molecule has 0 amide bonds. The van der Waals surface area contributed by atoms with Crippen molar-refractivity contribution in [2.24, 2.45) is 0 Å². The molecule has 15 heavy (non-hydrogen) atoms. The minimum Gasteiger partial charge on any atom is -0.310 e. The molecule has 1 unspecified atom stereocenters. The molecule has 0 fully saturated rings. The van der Waals surface area contributed by atoms with Crippen LogP contribution in [0.15, 0.2) is 36.4 Å². The maximum absolute atomic E-state index is 3.99. The monoisotopic (exact) mass is 203 g/mol. The summed E-state index contributed by atoms with van der Waals surface area (Å²) in [7, 11) is 0. The highest BCUT2D eigenvalue weighted by Gasteiger charge is 2.09. The molecule has 0 saturated heterocycles. The van der Waals surface area contributed by atoms with Gasteiger partial charge in [-0.15, -0.1) is 6.58 Å². The summed E-state index contributed by atoms with van der Waals surface area (Å²) >= 11 is 0. The Morgan fingerprint density at radius 1 is 1.47 bits per heavy atom. The molecule has 1 rings (SSSR count). The van der Waals surface area contributed by atoms with Gasteiger partial charge in [0.1, 0.15) is 0 Å². The van der Waals surface area contributed by atoms with Gasteiger partial charge < -0.3 is 5.32 Å². The predicted molar refractivity (Wildman–Crippen MR) is 67.0 cm³/mol. The number of hydrogen-bond acceptors (Lipinski definition) is 1. The molecule has 0 bridgehead atoms. The highest BCUT2D eigenvalue weighted by molar-refractivity contribution is 5.26. The van der Waals surface area contributed by atoms with Crippen molar-refractivity contribution in [2.75, 3.05) is 6.54 Å². The normalized spacial score (nSPS) is 12.5. The first kappa shape index (κ1) is 12.0. The van der Waals surface area contributed by atoms with Gasteiger partial charge >= 0.3 is 0 Å². The molecule has 0 saturated carbocycles. The molecular formula is C14H21N. The van der Waals surface area contributed by atoms with Crippen molar-refractivity contribution in [3.8, 4) is 0 Å². The molecule has 1 nitrogen and oxygen atoms in total. The van der Waals surface area contributed by atoms with Gasteiger partial charge in [0, 0.05) is 6.04 Å². The van der Waals surface area contributed by atoms with Crippen LogP contribution in [0, 0.1) is 6.92 Å². The number of rotatable bonds is 5. The van der Waals surface area contributed by atoms with Crippen molar-refractivity contribution in [3.63, 3.8) is 0 Å². The number of hydrogen-bond donors (Lipinski definition) is 1. The summed E-state index contributed by atoms with van der Waals surface area (Å²) < 4.78 is 0. The Labute approximate surface area is 93.2 Å². The van der Waals surface area contributed by atoms with Gasteiger partial charge in [0.25, 0.3) is 0 Å². The SMILES string of the molecule is C=C(C)CC(NCC)c1cccc(C)c1. The van der Waals surface area contributed by atoms with E-state index in [9.17, 15) is 0 Å². The average molecular weight is 203 g/mol. The Balaban J connectivity index is 2.83. The van der Waals surface area contributed by atoms with Crippen molar-refractivity contribution in [3.05, 3.63) is 47.5 Å². The molecule has 0 radical (unpaired) electrons. The van der Waals surface area contributed by atoms with Gasteiger partial charge in [0.2, 0.25) is 0 Å². The van der Waals surface area contributed by atoms with E-state index in [1.165, 1.54) is 16.7 Å². The average Bonchev–Trinajstić information content (AvgIpc) is 2.16. The lowest BCUT2D eigenvalue weighted by Gasteiger charge is -2.18. The maximum atomic E-state index is 3.99. The van der Waals surface area contributed by atoms with Crippen LogP contribution in [0.25, 0.3) is 0 Å². The van der Waals surface area contributed by atoms with Crippen molar-refractivity contribution in [1.82, 2.24) is 5.32 Å². The van der Waals surface area contributed by atoms with Crippen LogP contribution in [0.3, 0.4) is 0 Å². The molecule has 1 N–H and O–H groups in total. The van der Waals surface area contributed by atoms with Gasteiger partial charge in [-0.05, 0) is 32.4 Å². The Hall–Kier alpha value is -1.08. The van der Waals surface area contributed by atoms with Gasteiger partial charge in [-0.3, -0.25) is 0 Å². The molecule has 0 aromatic heterocycles. The van der Waals surface area contributed by atoms with Crippen molar-refractivity contribution < 1.29 is 0 Å². The molecule has 0 heterocycles. The van der Waals surface area contributed by atoms with Crippen molar-refractivity contribution in [1.29, 1.82) is 0 Å². The van der Waals surface area contributed by atoms with Gasteiger partial charge in [0.05, 0.1) is 0 Å². The van der Waals surface area contributed by atoms with E-state index >= 15 is 0 Å². The standard InChI is InChI=1S/C14H21N/c1-5-15-14(9-11(2)3)13-8-6-7-12(4)10-13/h6-8,10,14-15H,2,5,9H2,1,3-4H3. The molecule has 1 aromatic carbocycles. The van der Waals surface area contributed by atoms with Crippen LogP contribution in [0.2, 0.25) is 0 Å². The van der Waals surface area contributed by atoms with E-state index < -0.39 is 0 Å². The molecule has 1 atom stereocenters. The van der Waals surface area contributed by atoms with E-state index in [-0.39, 0.29) is 0 Å². The molecule has 1 aromatic rings. The number of nitrogens with one attached hydrogen (secondary N) is 1. The fraction of sp³-hybridized carbons (Fsp3) is 0.429. The summed E-state index contributed by atoms with van der Waals surface area (Å²) in [6, 6.07) is 9.09. The molecule has 0 aliphatic rings. The fourth-order valence-electron chi connectivity index (χ4n) is 1.79. The fourth-order valence-corrected chi connectivity index (χ4v) is 1.79. The second-order valence-electron chi connectivity index (χ2n) is 4.19. The Kier molecular flexibility index (Phi) is 4.57. The second kappa shape index (κ2) is 5.72. The van der Waals surface area contributed by atoms with E-state index in [4.69, 9.17) is 0 Å². The molecule has 0 aliphatic carbocycles. The Morgan fingerprint density at radius 3 is 2.73 bits per heavy atom. The highest BCUT2D eigenvalue weighted by Crippen LogP contribution is 2.20. The van der Waals surface area contributed by atoms with Gasteiger partial charge in [-0.1, -0.05) is 42.3 Å².